The number of nitrogens with zero attached hydrogens (tertiary/aromatic N) is 4. The fraction of sp³-hybridized carbons (Fsp3) is 0.429. The molecule has 3 saturated heterocycles. The van der Waals surface area contributed by atoms with Gasteiger partial charge in [-0.15, -0.1) is 0 Å². The largest absolute Gasteiger partial charge is 0.356 e. The Morgan fingerprint density at radius 3 is 2.66 bits per heavy atom. The van der Waals surface area contributed by atoms with Crippen molar-refractivity contribution < 1.29 is 13.2 Å². The average Bonchev–Trinajstić information content (AvgIpc) is 3.27. The first-order chi connectivity index (χ1) is 15.3. The number of carbonyl (C=O) groups is 1. The van der Waals surface area contributed by atoms with Crippen LogP contribution in [0.3, 0.4) is 0 Å². The van der Waals surface area contributed by atoms with Gasteiger partial charge in [-0.3, -0.25) is 18.9 Å². The zero-order valence-electron chi connectivity index (χ0n) is 17.3. The molecule has 8 nitrogen and oxygen atoms in total. The first-order valence-electron chi connectivity index (χ1n) is 10.6. The number of fused-ring (bicyclic) bond motifs is 1. The Morgan fingerprint density at radius 1 is 1.16 bits per heavy atom. The van der Waals surface area contributed by atoms with Crippen LogP contribution in [0.4, 0.5) is 5.82 Å². The van der Waals surface area contributed by atoms with E-state index in [9.17, 15) is 18.0 Å². The monoisotopic (exact) mass is 490 g/mol. The molecule has 0 bridgehead atoms. The Kier molecular flexibility index (Phi) is 5.58. The van der Waals surface area contributed by atoms with Crippen molar-refractivity contribution in [1.29, 1.82) is 0 Å². The summed E-state index contributed by atoms with van der Waals surface area (Å²) >= 11 is 6.53. The normalized spacial score (nSPS) is 24.8. The third-order valence-corrected chi connectivity index (χ3v) is 9.16. The minimum absolute atomic E-state index is 0.0584. The molecule has 0 N–H and O–H groups in total. The van der Waals surface area contributed by atoms with Crippen molar-refractivity contribution in [2.24, 2.45) is 0 Å². The van der Waals surface area contributed by atoms with Crippen LogP contribution in [0.15, 0.2) is 34.1 Å². The van der Waals surface area contributed by atoms with Crippen LogP contribution in [0.2, 0.25) is 0 Å². The van der Waals surface area contributed by atoms with Crippen molar-refractivity contribution >= 4 is 61.6 Å². The number of aromatic nitrogens is 2. The molecule has 2 aromatic rings. The minimum Gasteiger partial charge on any atom is -0.356 e. The Hall–Kier alpha value is -2.24. The fourth-order valence-corrected chi connectivity index (χ4v) is 7.55. The summed E-state index contributed by atoms with van der Waals surface area (Å²) in [6.45, 7) is 1.61. The highest BCUT2D eigenvalue weighted by atomic mass is 32.2. The van der Waals surface area contributed by atoms with Crippen molar-refractivity contribution in [2.45, 2.75) is 31.7 Å². The second-order valence-corrected chi connectivity index (χ2v) is 12.1. The van der Waals surface area contributed by atoms with Gasteiger partial charge < -0.3 is 4.90 Å². The van der Waals surface area contributed by atoms with E-state index in [0.717, 1.165) is 44.1 Å². The van der Waals surface area contributed by atoms with Gasteiger partial charge in [0.2, 0.25) is 0 Å². The zero-order chi connectivity index (χ0) is 22.5. The fourth-order valence-electron chi connectivity index (χ4n) is 4.47. The van der Waals surface area contributed by atoms with E-state index in [1.165, 1.54) is 9.30 Å². The van der Waals surface area contributed by atoms with Crippen molar-refractivity contribution in [3.05, 3.63) is 45.2 Å². The SMILES string of the molecule is O=C1/C(=C\c2c(N3CCCCC3)nc3ccccn3c2=O)SC(=S)N1C1CCS(=O)(=O)C1. The van der Waals surface area contributed by atoms with Gasteiger partial charge in [0.25, 0.3) is 11.5 Å². The summed E-state index contributed by atoms with van der Waals surface area (Å²) in [5.74, 6) is 0.216. The Morgan fingerprint density at radius 2 is 1.94 bits per heavy atom. The van der Waals surface area contributed by atoms with Crippen molar-refractivity contribution in [3.63, 3.8) is 0 Å². The topological polar surface area (TPSA) is 92.1 Å². The molecule has 0 saturated carbocycles. The van der Waals surface area contributed by atoms with Crippen LogP contribution in [0, 0.1) is 0 Å². The lowest BCUT2D eigenvalue weighted by Gasteiger charge is -2.29. The number of rotatable bonds is 3. The lowest BCUT2D eigenvalue weighted by molar-refractivity contribution is -0.123. The maximum atomic E-state index is 13.4. The first-order valence-corrected chi connectivity index (χ1v) is 13.6. The second-order valence-electron chi connectivity index (χ2n) is 8.24. The molecule has 0 aromatic carbocycles. The summed E-state index contributed by atoms with van der Waals surface area (Å²) in [5, 5.41) is 0. The van der Waals surface area contributed by atoms with E-state index in [1.807, 2.05) is 6.07 Å². The van der Waals surface area contributed by atoms with Crippen LogP contribution >= 0.6 is 24.0 Å². The van der Waals surface area contributed by atoms with E-state index in [1.54, 1.807) is 24.4 Å². The molecule has 0 spiro atoms. The molecular weight excluding hydrogens is 468 g/mol. The molecule has 3 aliphatic rings. The number of hydrogen-bond acceptors (Lipinski definition) is 8. The zero-order valence-corrected chi connectivity index (χ0v) is 19.7. The van der Waals surface area contributed by atoms with Gasteiger partial charge >= 0.3 is 0 Å². The molecule has 1 amide bonds. The van der Waals surface area contributed by atoms with E-state index in [4.69, 9.17) is 17.2 Å². The highest BCUT2D eigenvalue weighted by molar-refractivity contribution is 8.26. The molecule has 1 unspecified atom stereocenters. The van der Waals surface area contributed by atoms with Gasteiger partial charge in [-0.05, 0) is 43.9 Å². The summed E-state index contributed by atoms with van der Waals surface area (Å²) in [6.07, 6.45) is 6.81. The maximum absolute atomic E-state index is 13.4. The lowest BCUT2D eigenvalue weighted by Crippen LogP contribution is -2.39. The predicted octanol–water partition coefficient (Wildman–Crippen LogP) is 2.07. The number of sulfone groups is 1. The first kappa shape index (κ1) is 21.6. The molecule has 0 radical (unpaired) electrons. The third kappa shape index (κ3) is 3.86. The summed E-state index contributed by atoms with van der Waals surface area (Å²) in [6, 6.07) is 4.94. The number of thioether (sulfide) groups is 1. The number of piperidine rings is 1. The van der Waals surface area contributed by atoms with Crippen LogP contribution in [-0.4, -0.2) is 63.6 Å². The van der Waals surface area contributed by atoms with Crippen LogP contribution in [0.1, 0.15) is 31.2 Å². The number of thiocarbonyl (C=S) groups is 1. The predicted molar refractivity (Wildman–Crippen MR) is 130 cm³/mol. The molecule has 32 heavy (non-hydrogen) atoms. The van der Waals surface area contributed by atoms with Gasteiger partial charge in [0.05, 0.1) is 28.0 Å². The Labute approximate surface area is 195 Å². The molecule has 5 heterocycles. The highest BCUT2D eigenvalue weighted by Gasteiger charge is 2.42. The van der Waals surface area contributed by atoms with Crippen LogP contribution < -0.4 is 10.5 Å². The average molecular weight is 491 g/mol. The molecule has 0 aliphatic carbocycles. The van der Waals surface area contributed by atoms with Crippen molar-refractivity contribution in [1.82, 2.24) is 14.3 Å². The molecule has 2 aromatic heterocycles. The molecule has 3 fully saturated rings. The highest BCUT2D eigenvalue weighted by Crippen LogP contribution is 2.37. The summed E-state index contributed by atoms with van der Waals surface area (Å²) in [4.78, 5) is 35.2. The van der Waals surface area contributed by atoms with Gasteiger partial charge in [0, 0.05) is 19.3 Å². The van der Waals surface area contributed by atoms with E-state index in [-0.39, 0.29) is 23.0 Å². The van der Waals surface area contributed by atoms with Crippen LogP contribution in [0.5, 0.6) is 0 Å². The van der Waals surface area contributed by atoms with E-state index >= 15 is 0 Å². The summed E-state index contributed by atoms with van der Waals surface area (Å²) < 4.78 is 25.6. The quantitative estimate of drug-likeness (QED) is 0.477. The Balaban J connectivity index is 1.58. The van der Waals surface area contributed by atoms with E-state index < -0.39 is 15.9 Å². The number of carbonyl (C=O) groups excluding carboxylic acids is 1. The molecule has 5 rings (SSSR count). The second kappa shape index (κ2) is 8.27. The number of anilines is 1. The van der Waals surface area contributed by atoms with Gasteiger partial charge in [-0.25, -0.2) is 13.4 Å². The van der Waals surface area contributed by atoms with Crippen molar-refractivity contribution in [2.75, 3.05) is 29.5 Å². The number of hydrogen-bond donors (Lipinski definition) is 0. The van der Waals surface area contributed by atoms with Gasteiger partial charge in [0.1, 0.15) is 15.8 Å². The Bertz CT molecular complexity index is 1310. The van der Waals surface area contributed by atoms with Crippen LogP contribution in [-0.2, 0) is 14.6 Å². The molecular formula is C21H22N4O4S3. The molecule has 11 heteroatoms. The van der Waals surface area contributed by atoms with Gasteiger partial charge in [-0.1, -0.05) is 30.0 Å². The van der Waals surface area contributed by atoms with Gasteiger partial charge in [0.15, 0.2) is 9.84 Å². The summed E-state index contributed by atoms with van der Waals surface area (Å²) in [7, 11) is -3.16. The van der Waals surface area contributed by atoms with E-state index in [0.29, 0.717) is 32.7 Å². The standard InChI is InChI=1S/C21H22N4O4S3/c26-19-15(12-16-20(27)25(21(30)31-16)14-7-11-32(28,29)13-14)18(23-8-3-1-4-9-23)22-17-6-2-5-10-24(17)19/h2,5-6,10,12,14H,1,3-4,7-9,11,13H2/b16-12+. The number of amides is 1. The van der Waals surface area contributed by atoms with Crippen molar-refractivity contribution in [3.8, 4) is 0 Å². The van der Waals surface area contributed by atoms with Gasteiger partial charge in [-0.2, -0.15) is 0 Å². The smallest absolute Gasteiger partial charge is 0.267 e. The maximum Gasteiger partial charge on any atom is 0.267 e. The summed E-state index contributed by atoms with van der Waals surface area (Å²) in [5.41, 5.74) is 0.666. The molecule has 3 aliphatic heterocycles. The number of pyridine rings is 1. The van der Waals surface area contributed by atoms with E-state index in [2.05, 4.69) is 4.90 Å². The minimum atomic E-state index is -3.16. The molecule has 1 atom stereocenters. The molecule has 168 valence electrons. The third-order valence-electron chi connectivity index (χ3n) is 6.08. The van der Waals surface area contributed by atoms with Crippen LogP contribution in [0.25, 0.3) is 11.7 Å². The lowest BCUT2D eigenvalue weighted by atomic mass is 10.1.